The van der Waals surface area contributed by atoms with Crippen LogP contribution in [0.5, 0.6) is 0 Å². The maximum Gasteiger partial charge on any atom is 0.233 e. The standard InChI is InChI=1S/C20H21N5O2S/c26-18(24-10-12-27-13-11-24)15-28-20-23-22-19(17-6-8-21-9-7-17)25(20)14-16-4-2-1-3-5-16/h1-9H,10-15H2. The third-order valence-electron chi connectivity index (χ3n) is 4.53. The van der Waals surface area contributed by atoms with E-state index in [4.69, 9.17) is 4.74 Å². The summed E-state index contributed by atoms with van der Waals surface area (Å²) in [5.74, 6) is 1.21. The van der Waals surface area contributed by atoms with Crippen molar-refractivity contribution in [3.8, 4) is 11.4 Å². The lowest BCUT2D eigenvalue weighted by molar-refractivity contribution is -0.132. The molecule has 144 valence electrons. The van der Waals surface area contributed by atoms with Crippen molar-refractivity contribution in [2.75, 3.05) is 32.1 Å². The van der Waals surface area contributed by atoms with Crippen molar-refractivity contribution in [3.05, 3.63) is 60.4 Å². The third-order valence-corrected chi connectivity index (χ3v) is 5.48. The zero-order valence-electron chi connectivity index (χ0n) is 15.4. The second kappa shape index (κ2) is 8.99. The molecule has 7 nitrogen and oxygen atoms in total. The van der Waals surface area contributed by atoms with Gasteiger partial charge in [-0.15, -0.1) is 10.2 Å². The minimum atomic E-state index is 0.105. The van der Waals surface area contributed by atoms with Gasteiger partial charge in [-0.05, 0) is 17.7 Å². The van der Waals surface area contributed by atoms with Gasteiger partial charge in [-0.25, -0.2) is 0 Å². The average molecular weight is 395 g/mol. The Balaban J connectivity index is 1.56. The average Bonchev–Trinajstić information content (AvgIpc) is 3.16. The van der Waals surface area contributed by atoms with Crippen molar-refractivity contribution in [2.24, 2.45) is 0 Å². The first-order valence-electron chi connectivity index (χ1n) is 9.17. The number of amides is 1. The molecule has 0 aliphatic carbocycles. The molecule has 1 saturated heterocycles. The first-order valence-corrected chi connectivity index (χ1v) is 10.2. The van der Waals surface area contributed by atoms with Crippen LogP contribution < -0.4 is 0 Å². The van der Waals surface area contributed by atoms with E-state index in [-0.39, 0.29) is 5.91 Å². The molecule has 8 heteroatoms. The first kappa shape index (κ1) is 18.6. The molecular weight excluding hydrogens is 374 g/mol. The Kier molecular flexibility index (Phi) is 5.98. The van der Waals surface area contributed by atoms with Crippen LogP contribution in [0.3, 0.4) is 0 Å². The minimum absolute atomic E-state index is 0.105. The van der Waals surface area contributed by atoms with E-state index in [0.717, 1.165) is 22.1 Å². The predicted molar refractivity (Wildman–Crippen MR) is 107 cm³/mol. The fraction of sp³-hybridized carbons (Fsp3) is 0.300. The molecule has 1 fully saturated rings. The molecule has 3 aromatic rings. The molecule has 1 aromatic carbocycles. The van der Waals surface area contributed by atoms with Gasteiger partial charge in [0.15, 0.2) is 11.0 Å². The molecule has 3 heterocycles. The smallest absolute Gasteiger partial charge is 0.233 e. The van der Waals surface area contributed by atoms with Crippen molar-refractivity contribution < 1.29 is 9.53 Å². The molecule has 0 spiro atoms. The Hall–Kier alpha value is -2.71. The number of carbonyl (C=O) groups is 1. The quantitative estimate of drug-likeness (QED) is 0.597. The van der Waals surface area contributed by atoms with Crippen LogP contribution in [0.15, 0.2) is 60.0 Å². The highest BCUT2D eigenvalue weighted by Crippen LogP contribution is 2.25. The molecule has 1 aliphatic heterocycles. The lowest BCUT2D eigenvalue weighted by Gasteiger charge is -2.26. The number of benzene rings is 1. The van der Waals surface area contributed by atoms with E-state index < -0.39 is 0 Å². The Morgan fingerprint density at radius 1 is 1.04 bits per heavy atom. The molecule has 1 amide bonds. The van der Waals surface area contributed by atoms with Crippen LogP contribution >= 0.6 is 11.8 Å². The van der Waals surface area contributed by atoms with Crippen molar-refractivity contribution in [1.82, 2.24) is 24.6 Å². The number of hydrogen-bond acceptors (Lipinski definition) is 6. The van der Waals surface area contributed by atoms with Gasteiger partial charge in [-0.1, -0.05) is 42.1 Å². The predicted octanol–water partition coefficient (Wildman–Crippen LogP) is 2.34. The van der Waals surface area contributed by atoms with Gasteiger partial charge in [0.05, 0.1) is 25.5 Å². The van der Waals surface area contributed by atoms with Crippen molar-refractivity contribution in [2.45, 2.75) is 11.7 Å². The molecule has 0 bridgehead atoms. The molecule has 4 rings (SSSR count). The number of aromatic nitrogens is 4. The molecule has 0 atom stereocenters. The van der Waals surface area contributed by atoms with E-state index in [0.29, 0.717) is 38.6 Å². The summed E-state index contributed by atoms with van der Waals surface area (Å²) in [4.78, 5) is 18.4. The Morgan fingerprint density at radius 2 is 1.79 bits per heavy atom. The summed E-state index contributed by atoms with van der Waals surface area (Å²) in [6, 6.07) is 14.0. The number of pyridine rings is 1. The summed E-state index contributed by atoms with van der Waals surface area (Å²) in [5, 5.41) is 9.49. The van der Waals surface area contributed by atoms with Crippen LogP contribution in [0.4, 0.5) is 0 Å². The van der Waals surface area contributed by atoms with Crippen LogP contribution in [-0.4, -0.2) is 62.6 Å². The molecule has 0 N–H and O–H groups in total. The Morgan fingerprint density at radius 3 is 2.54 bits per heavy atom. The molecule has 0 unspecified atom stereocenters. The molecule has 2 aromatic heterocycles. The van der Waals surface area contributed by atoms with Gasteiger partial charge in [0.1, 0.15) is 0 Å². The molecule has 0 saturated carbocycles. The maximum absolute atomic E-state index is 12.5. The van der Waals surface area contributed by atoms with Crippen LogP contribution in [0, 0.1) is 0 Å². The molecular formula is C20H21N5O2S. The number of rotatable bonds is 6. The zero-order chi connectivity index (χ0) is 19.2. The van der Waals surface area contributed by atoms with Gasteiger partial charge in [0, 0.05) is 31.0 Å². The normalized spacial score (nSPS) is 14.2. The second-order valence-electron chi connectivity index (χ2n) is 6.40. The van der Waals surface area contributed by atoms with Crippen LogP contribution in [-0.2, 0) is 16.1 Å². The SMILES string of the molecule is O=C(CSc1nnc(-c2ccncc2)n1Cc1ccccc1)N1CCOCC1. The third kappa shape index (κ3) is 4.40. The summed E-state index contributed by atoms with van der Waals surface area (Å²) in [6.45, 7) is 3.15. The van der Waals surface area contributed by atoms with E-state index in [2.05, 4.69) is 31.9 Å². The van der Waals surface area contributed by atoms with Gasteiger partial charge in [0.2, 0.25) is 5.91 Å². The molecule has 28 heavy (non-hydrogen) atoms. The fourth-order valence-electron chi connectivity index (χ4n) is 3.05. The summed E-state index contributed by atoms with van der Waals surface area (Å²) >= 11 is 1.43. The van der Waals surface area contributed by atoms with Gasteiger partial charge in [-0.3, -0.25) is 14.3 Å². The summed E-state index contributed by atoms with van der Waals surface area (Å²) < 4.78 is 7.38. The van der Waals surface area contributed by atoms with Gasteiger partial charge >= 0.3 is 0 Å². The maximum atomic E-state index is 12.5. The fourth-order valence-corrected chi connectivity index (χ4v) is 3.89. The Bertz CT molecular complexity index is 911. The van der Waals surface area contributed by atoms with Crippen LogP contribution in [0.2, 0.25) is 0 Å². The molecule has 0 radical (unpaired) electrons. The van der Waals surface area contributed by atoms with Gasteiger partial charge in [-0.2, -0.15) is 0 Å². The Labute approximate surface area is 167 Å². The topological polar surface area (TPSA) is 73.1 Å². The van der Waals surface area contributed by atoms with E-state index in [9.17, 15) is 4.79 Å². The highest BCUT2D eigenvalue weighted by atomic mass is 32.2. The van der Waals surface area contributed by atoms with Crippen LogP contribution in [0.1, 0.15) is 5.56 Å². The van der Waals surface area contributed by atoms with E-state index in [1.54, 1.807) is 12.4 Å². The number of thioether (sulfide) groups is 1. The first-order chi connectivity index (χ1) is 13.8. The van der Waals surface area contributed by atoms with E-state index in [1.165, 1.54) is 11.8 Å². The lowest BCUT2D eigenvalue weighted by Crippen LogP contribution is -2.41. The summed E-state index contributed by atoms with van der Waals surface area (Å²) in [5.41, 5.74) is 2.10. The number of hydrogen-bond donors (Lipinski definition) is 0. The number of ether oxygens (including phenoxy) is 1. The van der Waals surface area contributed by atoms with Gasteiger partial charge in [0.25, 0.3) is 0 Å². The highest BCUT2D eigenvalue weighted by molar-refractivity contribution is 7.99. The van der Waals surface area contributed by atoms with Crippen LogP contribution in [0.25, 0.3) is 11.4 Å². The van der Waals surface area contributed by atoms with E-state index in [1.807, 2.05) is 35.2 Å². The number of nitrogens with zero attached hydrogens (tertiary/aromatic N) is 5. The molecule has 1 aliphatic rings. The zero-order valence-corrected chi connectivity index (χ0v) is 16.2. The largest absolute Gasteiger partial charge is 0.378 e. The number of carbonyl (C=O) groups excluding carboxylic acids is 1. The number of morpholine rings is 1. The highest BCUT2D eigenvalue weighted by Gasteiger charge is 2.20. The summed E-state index contributed by atoms with van der Waals surface area (Å²) in [7, 11) is 0. The monoisotopic (exact) mass is 395 g/mol. The van der Waals surface area contributed by atoms with Gasteiger partial charge < -0.3 is 9.64 Å². The second-order valence-corrected chi connectivity index (χ2v) is 7.34. The van der Waals surface area contributed by atoms with Crippen molar-refractivity contribution in [1.29, 1.82) is 0 Å². The summed E-state index contributed by atoms with van der Waals surface area (Å²) in [6.07, 6.45) is 3.48. The van der Waals surface area contributed by atoms with Crippen molar-refractivity contribution in [3.63, 3.8) is 0 Å². The van der Waals surface area contributed by atoms with E-state index >= 15 is 0 Å². The lowest BCUT2D eigenvalue weighted by atomic mass is 10.2. The minimum Gasteiger partial charge on any atom is -0.378 e. The van der Waals surface area contributed by atoms with Crippen molar-refractivity contribution >= 4 is 17.7 Å².